The van der Waals surface area contributed by atoms with Crippen LogP contribution in [-0.2, 0) is 25.5 Å². The summed E-state index contributed by atoms with van der Waals surface area (Å²) in [5.41, 5.74) is 7.70. The van der Waals surface area contributed by atoms with Crippen LogP contribution in [-0.4, -0.2) is 23.0 Å². The molecular formula is C39H43IrN3OSi-2. The van der Waals surface area contributed by atoms with Gasteiger partial charge < -0.3 is 14.4 Å². The molecule has 0 aliphatic carbocycles. The molecule has 4 nitrogen and oxygen atoms in total. The zero-order valence-electron chi connectivity index (χ0n) is 28.6. The van der Waals surface area contributed by atoms with E-state index in [-0.39, 0.29) is 25.5 Å². The van der Waals surface area contributed by atoms with E-state index in [9.17, 15) is 0 Å². The summed E-state index contributed by atoms with van der Waals surface area (Å²) in [5.74, 6) is -0.609. The van der Waals surface area contributed by atoms with Crippen LogP contribution >= 0.6 is 0 Å². The number of hydrogen-bond acceptors (Lipinski definition) is 4. The van der Waals surface area contributed by atoms with E-state index in [0.717, 1.165) is 57.3 Å². The van der Waals surface area contributed by atoms with Crippen molar-refractivity contribution >= 4 is 35.3 Å². The first-order valence-corrected chi connectivity index (χ1v) is 19.0. The average molecular weight is 791 g/mol. The fourth-order valence-corrected chi connectivity index (χ4v) is 7.12. The van der Waals surface area contributed by atoms with Gasteiger partial charge in [-0.25, -0.2) is 4.98 Å². The molecule has 0 N–H and O–H groups in total. The van der Waals surface area contributed by atoms with Crippen molar-refractivity contribution in [3.8, 4) is 22.5 Å². The van der Waals surface area contributed by atoms with E-state index in [0.29, 0.717) is 5.71 Å². The molecule has 235 valence electrons. The first kappa shape index (κ1) is 32.9. The maximum Gasteiger partial charge on any atom is 0.216 e. The Morgan fingerprint density at radius 3 is 2.31 bits per heavy atom. The van der Waals surface area contributed by atoms with E-state index in [1.54, 1.807) is 6.20 Å². The van der Waals surface area contributed by atoms with E-state index in [1.807, 2.05) is 74.8 Å². The maximum atomic E-state index is 8.44. The van der Waals surface area contributed by atoms with Crippen molar-refractivity contribution in [2.45, 2.75) is 78.4 Å². The van der Waals surface area contributed by atoms with Crippen LogP contribution in [0.5, 0.6) is 0 Å². The molecule has 0 atom stereocenters. The summed E-state index contributed by atoms with van der Waals surface area (Å²) in [6, 6.07) is 28.7. The van der Waals surface area contributed by atoms with Gasteiger partial charge in [-0.2, -0.15) is 0 Å². The minimum absolute atomic E-state index is 0. The molecule has 6 rings (SSSR count). The molecule has 4 aromatic heterocycles. The summed E-state index contributed by atoms with van der Waals surface area (Å²) in [5, 5.41) is 3.35. The van der Waals surface area contributed by atoms with Crippen LogP contribution in [0.4, 0.5) is 0 Å². The van der Waals surface area contributed by atoms with Gasteiger partial charge in [-0.1, -0.05) is 82.9 Å². The second-order valence-electron chi connectivity index (χ2n) is 12.9. The second kappa shape index (κ2) is 14.3. The van der Waals surface area contributed by atoms with Crippen LogP contribution in [0.3, 0.4) is 0 Å². The van der Waals surface area contributed by atoms with Crippen LogP contribution < -0.4 is 5.19 Å². The van der Waals surface area contributed by atoms with Crippen molar-refractivity contribution < 1.29 is 25.9 Å². The van der Waals surface area contributed by atoms with Gasteiger partial charge >= 0.3 is 0 Å². The van der Waals surface area contributed by atoms with Gasteiger partial charge in [-0.15, -0.1) is 54.1 Å². The van der Waals surface area contributed by atoms with Gasteiger partial charge in [0.05, 0.1) is 13.7 Å². The third-order valence-corrected chi connectivity index (χ3v) is 10.7. The zero-order valence-corrected chi connectivity index (χ0v) is 31.0. The molecule has 0 saturated heterocycles. The molecule has 0 saturated carbocycles. The van der Waals surface area contributed by atoms with Gasteiger partial charge in [0.15, 0.2) is 0 Å². The Morgan fingerprint density at radius 2 is 1.64 bits per heavy atom. The normalized spacial score (nSPS) is 12.3. The number of pyridine rings is 3. The number of aromatic nitrogens is 3. The topological polar surface area (TPSA) is 51.8 Å². The van der Waals surface area contributed by atoms with E-state index in [4.69, 9.17) is 5.79 Å². The van der Waals surface area contributed by atoms with Crippen LogP contribution in [0.15, 0.2) is 89.7 Å². The Morgan fingerprint density at radius 1 is 0.867 bits per heavy atom. The Hall–Kier alpha value is -3.44. The number of hydrogen-bond donors (Lipinski definition) is 0. The standard InChI is InChI=1S/C22H21N2O.C17H22NSi.Ir/c1-4-22(3,5-2)15-11-13-23-19(14-15)18-9-6-8-16-17-10-7-12-24-21(17)25-20(16)18;1-13(2)15-11-16(14-9-7-6-8-10-14)18-12-17(15)19(3,4)5;/h6-8,10-14H,4-5H2,1-3H3;6-9,11-13H,1-5H3;/q2*-1;/i;13D;. The van der Waals surface area contributed by atoms with Crippen molar-refractivity contribution in [3.05, 3.63) is 109 Å². The third-order valence-electron chi connectivity index (χ3n) is 8.72. The molecule has 0 spiro atoms. The van der Waals surface area contributed by atoms with Crippen molar-refractivity contribution in [2.75, 3.05) is 0 Å². The van der Waals surface area contributed by atoms with Gasteiger partial charge in [0, 0.05) is 45.5 Å². The Bertz CT molecular complexity index is 1920. The van der Waals surface area contributed by atoms with E-state index < -0.39 is 14.0 Å². The quantitative estimate of drug-likeness (QED) is 0.119. The predicted octanol–water partition coefficient (Wildman–Crippen LogP) is 10.1. The van der Waals surface area contributed by atoms with Gasteiger partial charge in [0.2, 0.25) is 5.71 Å². The predicted molar refractivity (Wildman–Crippen MR) is 187 cm³/mol. The average Bonchev–Trinajstić information content (AvgIpc) is 3.43. The van der Waals surface area contributed by atoms with E-state index >= 15 is 0 Å². The number of rotatable bonds is 7. The molecule has 6 aromatic rings. The van der Waals surface area contributed by atoms with Gasteiger partial charge in [-0.3, -0.25) is 0 Å². The third kappa shape index (κ3) is 7.35. The largest absolute Gasteiger partial charge is 0.486 e. The molecule has 1 radical (unpaired) electrons. The molecule has 0 unspecified atom stereocenters. The molecule has 4 heterocycles. The molecule has 6 heteroatoms. The van der Waals surface area contributed by atoms with E-state index in [2.05, 4.69) is 85.7 Å². The molecule has 45 heavy (non-hydrogen) atoms. The zero-order chi connectivity index (χ0) is 32.4. The molecule has 0 aliphatic heterocycles. The summed E-state index contributed by atoms with van der Waals surface area (Å²) >= 11 is 0. The smallest absolute Gasteiger partial charge is 0.216 e. The summed E-state index contributed by atoms with van der Waals surface area (Å²) in [4.78, 5) is 13.5. The summed E-state index contributed by atoms with van der Waals surface area (Å²) in [6.07, 6.45) is 7.81. The first-order valence-electron chi connectivity index (χ1n) is 16.0. The van der Waals surface area contributed by atoms with Crippen molar-refractivity contribution in [3.63, 3.8) is 0 Å². The van der Waals surface area contributed by atoms with E-state index in [1.165, 1.54) is 10.8 Å². The number of fused-ring (bicyclic) bond motifs is 3. The van der Waals surface area contributed by atoms with Crippen LogP contribution in [0.2, 0.25) is 19.6 Å². The van der Waals surface area contributed by atoms with Gasteiger partial charge in [-0.05, 0) is 64.5 Å². The molecule has 0 aliphatic rings. The maximum absolute atomic E-state index is 8.44. The van der Waals surface area contributed by atoms with Gasteiger partial charge in [0.1, 0.15) is 0 Å². The SMILES string of the molecule is CCC(C)(CC)c1ccnc(-c2[c-]ccc3c2oc2ncccc23)c1.[2H]C(C)(C)c1cc(-c2[c-]cccc2)ncc1[Si](C)(C)C.[Ir]. The first-order chi connectivity index (χ1) is 21.4. The van der Waals surface area contributed by atoms with Crippen LogP contribution in [0.1, 0.15) is 65.9 Å². The minimum atomic E-state index is -1.50. The summed E-state index contributed by atoms with van der Waals surface area (Å²) in [7, 11) is -1.50. The molecule has 0 fully saturated rings. The van der Waals surface area contributed by atoms with Crippen molar-refractivity contribution in [2.24, 2.45) is 0 Å². The summed E-state index contributed by atoms with van der Waals surface area (Å²) < 4.78 is 14.5. The molecule has 0 bridgehead atoms. The fourth-order valence-electron chi connectivity index (χ4n) is 5.53. The number of furan rings is 1. The van der Waals surface area contributed by atoms with Crippen LogP contribution in [0.25, 0.3) is 44.6 Å². The van der Waals surface area contributed by atoms with Crippen molar-refractivity contribution in [1.82, 2.24) is 15.0 Å². The Labute approximate surface area is 284 Å². The van der Waals surface area contributed by atoms with Crippen LogP contribution in [0, 0.1) is 12.1 Å². The Balaban J connectivity index is 0.000000210. The fraction of sp³-hybridized carbons (Fsp3) is 0.308. The Kier molecular flexibility index (Phi) is 10.5. The monoisotopic (exact) mass is 791 g/mol. The molecular weight excluding hydrogens is 747 g/mol. The van der Waals surface area contributed by atoms with Crippen molar-refractivity contribution in [1.29, 1.82) is 0 Å². The molecule has 2 aromatic carbocycles. The second-order valence-corrected chi connectivity index (χ2v) is 17.9. The van der Waals surface area contributed by atoms with Gasteiger partial charge in [0.25, 0.3) is 0 Å². The number of benzene rings is 2. The number of nitrogens with zero attached hydrogens (tertiary/aromatic N) is 3. The minimum Gasteiger partial charge on any atom is -0.486 e. The molecule has 0 amide bonds. The summed E-state index contributed by atoms with van der Waals surface area (Å²) in [6.45, 7) is 17.6.